The quantitative estimate of drug-likeness (QED) is 0.686. The van der Waals surface area contributed by atoms with Gasteiger partial charge in [0, 0.05) is 17.1 Å². The maximum Gasteiger partial charge on any atom is 0.223 e. The number of likely N-dealkylation sites (tertiary alicyclic amines) is 1. The topological polar surface area (TPSA) is 50.8 Å². The Morgan fingerprint density at radius 1 is 1.14 bits per heavy atom. The van der Waals surface area contributed by atoms with Crippen molar-refractivity contribution in [3.8, 4) is 11.5 Å². The van der Waals surface area contributed by atoms with Gasteiger partial charge in [0.05, 0.1) is 26.2 Å². The number of hydrogen-bond donors (Lipinski definition) is 1. The summed E-state index contributed by atoms with van der Waals surface area (Å²) in [5.41, 5.74) is 1.12. The zero-order valence-electron chi connectivity index (χ0n) is 16.2. The van der Waals surface area contributed by atoms with Crippen LogP contribution in [0.4, 0.5) is 0 Å². The van der Waals surface area contributed by atoms with E-state index < -0.39 is 0 Å². The first kappa shape index (κ1) is 20.5. The number of rotatable bonds is 9. The molecule has 6 heteroatoms. The van der Waals surface area contributed by atoms with Crippen molar-refractivity contribution in [1.29, 1.82) is 0 Å². The maximum absolute atomic E-state index is 12.3. The fourth-order valence-electron chi connectivity index (χ4n) is 3.52. The zero-order valence-corrected chi connectivity index (χ0v) is 17.0. The van der Waals surface area contributed by atoms with Crippen LogP contribution in [0.3, 0.4) is 0 Å². The molecule has 3 rings (SSSR count). The first-order valence-electron chi connectivity index (χ1n) is 9.69. The van der Waals surface area contributed by atoms with Gasteiger partial charge in [-0.1, -0.05) is 29.8 Å². The van der Waals surface area contributed by atoms with Gasteiger partial charge >= 0.3 is 0 Å². The van der Waals surface area contributed by atoms with Gasteiger partial charge in [0.15, 0.2) is 0 Å². The molecular formula is C22H27ClN2O3. The number of amides is 1. The van der Waals surface area contributed by atoms with Crippen molar-refractivity contribution < 1.29 is 14.3 Å². The summed E-state index contributed by atoms with van der Waals surface area (Å²) in [5.74, 6) is 1.55. The van der Waals surface area contributed by atoms with Crippen molar-refractivity contribution in [2.75, 3.05) is 33.4 Å². The van der Waals surface area contributed by atoms with Crippen LogP contribution >= 0.6 is 11.6 Å². The molecule has 0 aliphatic carbocycles. The van der Waals surface area contributed by atoms with Crippen molar-refractivity contribution in [2.24, 2.45) is 0 Å². The fraction of sp³-hybridized carbons (Fsp3) is 0.409. The Kier molecular flexibility index (Phi) is 7.57. The molecule has 5 nitrogen and oxygen atoms in total. The number of carbonyl (C=O) groups excluding carboxylic acids is 1. The SMILES string of the molecule is COc1ccccc1C(CNC(=O)CCOc1ccc(Cl)cc1)N1CCCC1. The summed E-state index contributed by atoms with van der Waals surface area (Å²) >= 11 is 5.86. The van der Waals surface area contributed by atoms with Crippen LogP contribution in [-0.2, 0) is 4.79 Å². The minimum atomic E-state index is -0.0203. The van der Waals surface area contributed by atoms with Crippen LogP contribution in [-0.4, -0.2) is 44.2 Å². The Balaban J connectivity index is 1.54. The third-order valence-electron chi connectivity index (χ3n) is 4.98. The predicted octanol–water partition coefficient (Wildman–Crippen LogP) is 4.07. The molecule has 1 atom stereocenters. The number of ether oxygens (including phenoxy) is 2. The van der Waals surface area contributed by atoms with E-state index in [0.29, 0.717) is 30.3 Å². The van der Waals surface area contributed by atoms with E-state index in [1.54, 1.807) is 31.4 Å². The first-order valence-corrected chi connectivity index (χ1v) is 10.1. The fourth-order valence-corrected chi connectivity index (χ4v) is 3.65. The van der Waals surface area contributed by atoms with E-state index in [-0.39, 0.29) is 11.9 Å². The highest BCUT2D eigenvalue weighted by molar-refractivity contribution is 6.30. The average Bonchev–Trinajstić information content (AvgIpc) is 3.24. The Morgan fingerprint density at radius 2 is 1.86 bits per heavy atom. The maximum atomic E-state index is 12.3. The van der Waals surface area contributed by atoms with Crippen LogP contribution in [0.25, 0.3) is 0 Å². The normalized spacial score (nSPS) is 15.2. The smallest absolute Gasteiger partial charge is 0.223 e. The van der Waals surface area contributed by atoms with Gasteiger partial charge in [0.25, 0.3) is 0 Å². The van der Waals surface area contributed by atoms with Crippen molar-refractivity contribution >= 4 is 17.5 Å². The van der Waals surface area contributed by atoms with E-state index >= 15 is 0 Å². The molecule has 1 unspecified atom stereocenters. The lowest BCUT2D eigenvalue weighted by atomic mass is 10.0. The van der Waals surface area contributed by atoms with Crippen LogP contribution in [0.1, 0.15) is 30.9 Å². The lowest BCUT2D eigenvalue weighted by molar-refractivity contribution is -0.121. The highest BCUT2D eigenvalue weighted by Crippen LogP contribution is 2.31. The zero-order chi connectivity index (χ0) is 19.8. The van der Waals surface area contributed by atoms with E-state index in [9.17, 15) is 4.79 Å². The molecule has 1 N–H and O–H groups in total. The van der Waals surface area contributed by atoms with Crippen LogP contribution in [0.5, 0.6) is 11.5 Å². The Hall–Kier alpha value is -2.24. The molecule has 0 spiro atoms. The second-order valence-electron chi connectivity index (χ2n) is 6.86. The van der Waals surface area contributed by atoms with E-state index in [1.165, 1.54) is 12.8 Å². The molecule has 0 radical (unpaired) electrons. The average molecular weight is 403 g/mol. The van der Waals surface area contributed by atoms with Gasteiger partial charge in [0.1, 0.15) is 11.5 Å². The number of hydrogen-bond acceptors (Lipinski definition) is 4. The summed E-state index contributed by atoms with van der Waals surface area (Å²) in [5, 5.41) is 3.73. The van der Waals surface area contributed by atoms with Gasteiger partial charge in [-0.2, -0.15) is 0 Å². The van der Waals surface area contributed by atoms with Crippen molar-refractivity contribution in [3.63, 3.8) is 0 Å². The van der Waals surface area contributed by atoms with Crippen LogP contribution in [0, 0.1) is 0 Å². The van der Waals surface area contributed by atoms with Gasteiger partial charge in [-0.05, 0) is 56.3 Å². The molecule has 1 saturated heterocycles. The molecule has 2 aromatic rings. The molecule has 1 heterocycles. The molecule has 28 heavy (non-hydrogen) atoms. The second-order valence-corrected chi connectivity index (χ2v) is 7.29. The van der Waals surface area contributed by atoms with E-state index in [2.05, 4.69) is 16.3 Å². The highest BCUT2D eigenvalue weighted by atomic mass is 35.5. The number of nitrogens with one attached hydrogen (secondary N) is 1. The van der Waals surface area contributed by atoms with E-state index in [1.807, 2.05) is 18.2 Å². The molecule has 1 amide bonds. The summed E-state index contributed by atoms with van der Waals surface area (Å²) in [6.45, 7) is 2.97. The Morgan fingerprint density at radius 3 is 2.57 bits per heavy atom. The van der Waals surface area contributed by atoms with Gasteiger partial charge < -0.3 is 14.8 Å². The Bertz CT molecular complexity index is 761. The second kappa shape index (κ2) is 10.3. The summed E-state index contributed by atoms with van der Waals surface area (Å²) in [6.07, 6.45) is 2.68. The number of para-hydroxylation sites is 1. The lowest BCUT2D eigenvalue weighted by Gasteiger charge is -2.29. The lowest BCUT2D eigenvalue weighted by Crippen LogP contribution is -2.37. The van der Waals surface area contributed by atoms with E-state index in [0.717, 1.165) is 24.4 Å². The molecule has 150 valence electrons. The van der Waals surface area contributed by atoms with Gasteiger partial charge in [-0.15, -0.1) is 0 Å². The summed E-state index contributed by atoms with van der Waals surface area (Å²) in [7, 11) is 1.69. The third kappa shape index (κ3) is 5.63. The molecule has 0 bridgehead atoms. The van der Waals surface area contributed by atoms with Crippen molar-refractivity contribution in [2.45, 2.75) is 25.3 Å². The number of benzene rings is 2. The summed E-state index contributed by atoms with van der Waals surface area (Å²) in [4.78, 5) is 14.7. The number of methoxy groups -OCH3 is 1. The molecule has 1 aliphatic rings. The van der Waals surface area contributed by atoms with Gasteiger partial charge in [-0.25, -0.2) is 0 Å². The Labute approximate surface area is 171 Å². The van der Waals surface area contributed by atoms with Crippen LogP contribution in [0.2, 0.25) is 5.02 Å². The van der Waals surface area contributed by atoms with Gasteiger partial charge in [-0.3, -0.25) is 9.69 Å². The number of carbonyl (C=O) groups is 1. The van der Waals surface area contributed by atoms with E-state index in [4.69, 9.17) is 21.1 Å². The van der Waals surface area contributed by atoms with Crippen molar-refractivity contribution in [1.82, 2.24) is 10.2 Å². The molecule has 0 saturated carbocycles. The van der Waals surface area contributed by atoms with Crippen LogP contribution in [0.15, 0.2) is 48.5 Å². The standard InChI is InChI=1S/C22H27ClN2O3/c1-27-21-7-3-2-6-19(21)20(25-13-4-5-14-25)16-24-22(26)12-15-28-18-10-8-17(23)9-11-18/h2-3,6-11,20H,4-5,12-16H2,1H3,(H,24,26). The first-order chi connectivity index (χ1) is 13.7. The minimum absolute atomic E-state index is 0.0203. The monoisotopic (exact) mass is 402 g/mol. The largest absolute Gasteiger partial charge is 0.496 e. The minimum Gasteiger partial charge on any atom is -0.496 e. The van der Waals surface area contributed by atoms with Crippen LogP contribution < -0.4 is 14.8 Å². The summed E-state index contributed by atoms with van der Waals surface area (Å²) in [6, 6.07) is 15.3. The number of nitrogens with zero attached hydrogens (tertiary/aromatic N) is 1. The third-order valence-corrected chi connectivity index (χ3v) is 5.24. The molecule has 2 aromatic carbocycles. The molecule has 1 aliphatic heterocycles. The van der Waals surface area contributed by atoms with Gasteiger partial charge in [0.2, 0.25) is 5.91 Å². The molecular weight excluding hydrogens is 376 g/mol. The van der Waals surface area contributed by atoms with Crippen molar-refractivity contribution in [3.05, 3.63) is 59.1 Å². The number of halogens is 1. The molecule has 0 aromatic heterocycles. The predicted molar refractivity (Wildman–Crippen MR) is 111 cm³/mol. The summed E-state index contributed by atoms with van der Waals surface area (Å²) < 4.78 is 11.2. The highest BCUT2D eigenvalue weighted by Gasteiger charge is 2.26. The molecule has 1 fully saturated rings.